The van der Waals surface area contributed by atoms with E-state index in [9.17, 15) is 4.79 Å². The molecule has 2 aromatic carbocycles. The number of hydrogen-bond donors (Lipinski definition) is 1. The zero-order valence-corrected chi connectivity index (χ0v) is 13.1. The van der Waals surface area contributed by atoms with Crippen molar-refractivity contribution in [1.82, 2.24) is 5.32 Å². The summed E-state index contributed by atoms with van der Waals surface area (Å²) in [5.74, 6) is 1.25. The van der Waals surface area contributed by atoms with E-state index in [0.717, 1.165) is 12.0 Å². The molecule has 116 valence electrons. The third-order valence-corrected chi connectivity index (χ3v) is 3.56. The van der Waals surface area contributed by atoms with Gasteiger partial charge in [-0.15, -0.1) is 0 Å². The quantitative estimate of drug-likeness (QED) is 0.887. The van der Waals surface area contributed by atoms with Gasteiger partial charge in [0, 0.05) is 5.56 Å². The molecule has 0 spiro atoms. The Morgan fingerprint density at radius 3 is 2.32 bits per heavy atom. The summed E-state index contributed by atoms with van der Waals surface area (Å²) in [5, 5.41) is 3.05. The van der Waals surface area contributed by atoms with Crippen LogP contribution in [0, 0.1) is 0 Å². The third-order valence-electron chi connectivity index (χ3n) is 3.56. The van der Waals surface area contributed by atoms with Crippen molar-refractivity contribution in [1.29, 1.82) is 0 Å². The van der Waals surface area contributed by atoms with Crippen molar-refractivity contribution in [2.45, 2.75) is 19.4 Å². The van der Waals surface area contributed by atoms with Crippen molar-refractivity contribution in [2.75, 3.05) is 14.2 Å². The third kappa shape index (κ3) is 3.58. The first-order valence-electron chi connectivity index (χ1n) is 7.27. The van der Waals surface area contributed by atoms with Crippen LogP contribution < -0.4 is 14.8 Å². The van der Waals surface area contributed by atoms with Crippen molar-refractivity contribution < 1.29 is 14.3 Å². The molecule has 0 fully saturated rings. The van der Waals surface area contributed by atoms with Crippen LogP contribution in [0.25, 0.3) is 0 Å². The Bertz CT molecular complexity index is 625. The molecule has 0 saturated heterocycles. The molecule has 1 N–H and O–H groups in total. The molecule has 22 heavy (non-hydrogen) atoms. The van der Waals surface area contributed by atoms with E-state index in [4.69, 9.17) is 9.47 Å². The smallest absolute Gasteiger partial charge is 0.251 e. The molecule has 0 aromatic heterocycles. The average molecular weight is 299 g/mol. The fourth-order valence-electron chi connectivity index (χ4n) is 2.32. The minimum atomic E-state index is -0.0813. The van der Waals surface area contributed by atoms with Gasteiger partial charge in [0.15, 0.2) is 11.5 Å². The van der Waals surface area contributed by atoms with Gasteiger partial charge in [-0.2, -0.15) is 0 Å². The first-order valence-corrected chi connectivity index (χ1v) is 7.27. The Morgan fingerprint density at radius 2 is 1.73 bits per heavy atom. The Labute approximate surface area is 131 Å². The summed E-state index contributed by atoms with van der Waals surface area (Å²) in [6.07, 6.45) is 0.786. The molecule has 0 saturated carbocycles. The highest BCUT2D eigenvalue weighted by atomic mass is 16.5. The van der Waals surface area contributed by atoms with Crippen LogP contribution >= 0.6 is 0 Å². The lowest BCUT2D eigenvalue weighted by Crippen LogP contribution is -2.28. The number of amides is 1. The molecule has 0 unspecified atom stereocenters. The monoisotopic (exact) mass is 299 g/mol. The number of carbonyl (C=O) groups is 1. The first kappa shape index (κ1) is 15.9. The Kier molecular flexibility index (Phi) is 5.42. The fourth-order valence-corrected chi connectivity index (χ4v) is 2.32. The molecule has 4 nitrogen and oxygen atoms in total. The summed E-state index contributed by atoms with van der Waals surface area (Å²) in [6.45, 7) is 2.03. The molecular weight excluding hydrogens is 278 g/mol. The fraction of sp³-hybridized carbons (Fsp3) is 0.278. The van der Waals surface area contributed by atoms with Gasteiger partial charge in [0.1, 0.15) is 0 Å². The molecule has 2 aromatic rings. The second kappa shape index (κ2) is 7.50. The summed E-state index contributed by atoms with van der Waals surface area (Å²) < 4.78 is 10.6. The van der Waals surface area contributed by atoms with E-state index >= 15 is 0 Å². The van der Waals surface area contributed by atoms with Crippen LogP contribution in [-0.2, 0) is 0 Å². The van der Waals surface area contributed by atoms with E-state index in [1.165, 1.54) is 0 Å². The lowest BCUT2D eigenvalue weighted by atomic mass is 10.0. The zero-order chi connectivity index (χ0) is 15.9. The molecule has 1 atom stereocenters. The number of benzene rings is 2. The maximum atomic E-state index is 12.3. The molecule has 2 rings (SSSR count). The van der Waals surface area contributed by atoms with Gasteiger partial charge in [0.05, 0.1) is 20.3 Å². The van der Waals surface area contributed by atoms with Crippen molar-refractivity contribution in [3.8, 4) is 11.5 Å². The van der Waals surface area contributed by atoms with Crippen LogP contribution in [0.4, 0.5) is 0 Å². The summed E-state index contributed by atoms with van der Waals surface area (Å²) in [5.41, 5.74) is 1.64. The Balaban J connectivity index is 2.20. The number of nitrogens with one attached hydrogen (secondary N) is 1. The zero-order valence-electron chi connectivity index (χ0n) is 13.1. The Morgan fingerprint density at radius 1 is 1.05 bits per heavy atom. The van der Waals surface area contributed by atoms with Gasteiger partial charge in [-0.05, 0) is 36.2 Å². The highest BCUT2D eigenvalue weighted by molar-refractivity contribution is 5.94. The Hall–Kier alpha value is -2.49. The molecule has 1 amide bonds. The highest BCUT2D eigenvalue weighted by Gasteiger charge is 2.16. The van der Waals surface area contributed by atoms with Gasteiger partial charge in [-0.25, -0.2) is 0 Å². The average Bonchev–Trinajstić information content (AvgIpc) is 2.59. The number of hydrogen-bond acceptors (Lipinski definition) is 3. The number of ether oxygens (including phenoxy) is 2. The summed E-state index contributed by atoms with van der Waals surface area (Å²) in [7, 11) is 3.21. The minimum absolute atomic E-state index is 0.0764. The molecular formula is C18H21NO3. The maximum Gasteiger partial charge on any atom is 0.251 e. The van der Waals surface area contributed by atoms with Crippen LogP contribution in [0.15, 0.2) is 48.5 Å². The maximum absolute atomic E-state index is 12.3. The topological polar surface area (TPSA) is 47.6 Å². The minimum Gasteiger partial charge on any atom is -0.493 e. The second-order valence-electron chi connectivity index (χ2n) is 4.91. The predicted octanol–water partition coefficient (Wildman–Crippen LogP) is 3.58. The molecule has 0 radical (unpaired) electrons. The number of rotatable bonds is 6. The van der Waals surface area contributed by atoms with Crippen molar-refractivity contribution in [2.24, 2.45) is 0 Å². The van der Waals surface area contributed by atoms with E-state index in [-0.39, 0.29) is 11.9 Å². The predicted molar refractivity (Wildman–Crippen MR) is 86.5 cm³/mol. The van der Waals surface area contributed by atoms with Gasteiger partial charge in [-0.3, -0.25) is 4.79 Å². The van der Waals surface area contributed by atoms with E-state index in [1.807, 2.05) is 43.3 Å². The summed E-state index contributed by atoms with van der Waals surface area (Å²) >= 11 is 0. The lowest BCUT2D eigenvalue weighted by molar-refractivity contribution is 0.0935. The number of methoxy groups -OCH3 is 2. The van der Waals surface area contributed by atoms with Crippen molar-refractivity contribution in [3.63, 3.8) is 0 Å². The van der Waals surface area contributed by atoms with Gasteiger partial charge in [0.2, 0.25) is 0 Å². The molecule has 0 aliphatic heterocycles. The van der Waals surface area contributed by atoms with E-state index < -0.39 is 0 Å². The van der Waals surface area contributed by atoms with Crippen LogP contribution in [0.3, 0.4) is 0 Å². The van der Waals surface area contributed by atoms with E-state index in [0.29, 0.717) is 17.1 Å². The first-order chi connectivity index (χ1) is 10.7. The largest absolute Gasteiger partial charge is 0.493 e. The molecule has 4 heteroatoms. The van der Waals surface area contributed by atoms with Gasteiger partial charge in [-0.1, -0.05) is 31.2 Å². The van der Waals surface area contributed by atoms with Crippen molar-refractivity contribution in [3.05, 3.63) is 59.7 Å². The molecule has 0 aliphatic carbocycles. The van der Waals surface area contributed by atoms with Crippen molar-refractivity contribution >= 4 is 5.91 Å². The second-order valence-corrected chi connectivity index (χ2v) is 4.91. The van der Waals surface area contributed by atoms with Gasteiger partial charge >= 0.3 is 0 Å². The SMILES string of the molecule is CC[C@H](NC(=O)c1ccccc1)c1ccc(OC)c(OC)c1. The van der Waals surface area contributed by atoms with E-state index in [2.05, 4.69) is 5.32 Å². The van der Waals surface area contributed by atoms with Crippen LogP contribution in [0.5, 0.6) is 11.5 Å². The van der Waals surface area contributed by atoms with Gasteiger partial charge in [0.25, 0.3) is 5.91 Å². The van der Waals surface area contributed by atoms with Crippen LogP contribution in [0.2, 0.25) is 0 Å². The van der Waals surface area contributed by atoms with Crippen LogP contribution in [-0.4, -0.2) is 20.1 Å². The molecule has 0 heterocycles. The molecule has 0 aliphatic rings. The molecule has 0 bridgehead atoms. The standard InChI is InChI=1S/C18H21NO3/c1-4-15(19-18(20)13-8-6-5-7-9-13)14-10-11-16(21-2)17(12-14)22-3/h5-12,15H,4H2,1-3H3,(H,19,20)/t15-/m0/s1. The highest BCUT2D eigenvalue weighted by Crippen LogP contribution is 2.30. The lowest BCUT2D eigenvalue weighted by Gasteiger charge is -2.19. The summed E-state index contributed by atoms with van der Waals surface area (Å²) in [6, 6.07) is 14.8. The van der Waals surface area contributed by atoms with Gasteiger partial charge < -0.3 is 14.8 Å². The van der Waals surface area contributed by atoms with E-state index in [1.54, 1.807) is 26.4 Å². The summed E-state index contributed by atoms with van der Waals surface area (Å²) in [4.78, 5) is 12.3. The number of carbonyl (C=O) groups excluding carboxylic acids is 1. The van der Waals surface area contributed by atoms with Crippen LogP contribution in [0.1, 0.15) is 35.3 Å². The normalized spacial score (nSPS) is 11.6.